The fourth-order valence-electron chi connectivity index (χ4n) is 4.27. The second-order valence-corrected chi connectivity index (χ2v) is 6.24. The van der Waals surface area contributed by atoms with Crippen LogP contribution in [0, 0.1) is 11.8 Å². The summed E-state index contributed by atoms with van der Waals surface area (Å²) in [5.74, 6) is 2.23. The number of nitrogens with two attached hydrogens (primary N) is 1. The molecule has 3 N–H and O–H groups in total. The second-order valence-electron chi connectivity index (χ2n) is 6.24. The molecule has 100 valence electrons. The Bertz CT molecular complexity index is 397. The first-order valence-electron chi connectivity index (χ1n) is 7.49. The van der Waals surface area contributed by atoms with E-state index in [0.29, 0.717) is 24.0 Å². The monoisotopic (exact) mass is 247 g/mol. The molecule has 3 heteroatoms. The van der Waals surface area contributed by atoms with Crippen molar-refractivity contribution in [2.45, 2.75) is 64.5 Å². The Balaban J connectivity index is 1.93. The lowest BCUT2D eigenvalue weighted by atomic mass is 9.72. The first-order chi connectivity index (χ1) is 8.70. The Morgan fingerprint density at radius 1 is 1.39 bits per heavy atom. The average Bonchev–Trinajstić information content (AvgIpc) is 2.72. The topological polar surface area (TPSA) is 50.4 Å². The van der Waals surface area contributed by atoms with E-state index in [1.807, 2.05) is 0 Å². The van der Waals surface area contributed by atoms with Crippen LogP contribution in [0.2, 0.25) is 0 Å². The predicted molar refractivity (Wildman–Crippen MR) is 75.4 cm³/mol. The molecule has 3 rings (SSSR count). The molecule has 1 heterocycles. The lowest BCUT2D eigenvalue weighted by molar-refractivity contribution is 0.273. The zero-order chi connectivity index (χ0) is 12.7. The molecule has 0 aromatic heterocycles. The molecular weight excluding hydrogens is 222 g/mol. The Kier molecular flexibility index (Phi) is 3.08. The van der Waals surface area contributed by atoms with Crippen molar-refractivity contribution in [1.82, 2.24) is 5.32 Å². The molecule has 1 saturated carbocycles. The van der Waals surface area contributed by atoms with E-state index in [1.165, 1.54) is 38.5 Å². The molecule has 0 aromatic rings. The first kappa shape index (κ1) is 12.1. The summed E-state index contributed by atoms with van der Waals surface area (Å²) in [5, 5.41) is 3.40. The zero-order valence-electron chi connectivity index (χ0n) is 11.6. The smallest absolute Gasteiger partial charge is 0.189 e. The second kappa shape index (κ2) is 4.60. The molecule has 3 nitrogen and oxygen atoms in total. The lowest BCUT2D eigenvalue weighted by Gasteiger charge is -2.41. The van der Waals surface area contributed by atoms with E-state index < -0.39 is 0 Å². The van der Waals surface area contributed by atoms with Crippen LogP contribution in [0.3, 0.4) is 0 Å². The van der Waals surface area contributed by atoms with Gasteiger partial charge in [-0.3, -0.25) is 0 Å². The van der Waals surface area contributed by atoms with Crippen LogP contribution in [0.4, 0.5) is 0 Å². The van der Waals surface area contributed by atoms with Gasteiger partial charge in [-0.1, -0.05) is 18.9 Å². The maximum atomic E-state index is 5.98. The number of nitrogens with one attached hydrogen (secondary N) is 1. The van der Waals surface area contributed by atoms with Crippen molar-refractivity contribution in [2.24, 2.45) is 22.6 Å². The third kappa shape index (κ3) is 1.84. The number of aliphatic imine (C=N–C) groups is 1. The number of nitrogens with zero attached hydrogens (tertiary/aromatic N) is 1. The normalized spacial score (nSPS) is 38.2. The van der Waals surface area contributed by atoms with Crippen molar-refractivity contribution in [2.75, 3.05) is 0 Å². The molecule has 3 aliphatic rings. The number of guanidine groups is 1. The highest BCUT2D eigenvalue weighted by molar-refractivity contribution is 5.79. The first-order valence-corrected chi connectivity index (χ1v) is 7.49. The third-order valence-corrected chi connectivity index (χ3v) is 5.11. The summed E-state index contributed by atoms with van der Waals surface area (Å²) < 4.78 is 0. The van der Waals surface area contributed by atoms with Gasteiger partial charge in [0, 0.05) is 12.0 Å². The standard InChI is InChI=1S/C15H25N3/c1-3-4-5-11-9(2)8-10-6-7-12-13(10)14(11)18-15(16)17-12/h10,12-14H,3-8H2,1-2H3,(H3,16,17,18)/t10-,12+,13-,14-/m1/s1. The SMILES string of the molecule is CCCCC1=C(C)C[C@H]2CC[C@@H]3NC(N)=N[C@H]1[C@H]23. The van der Waals surface area contributed by atoms with Crippen LogP contribution < -0.4 is 11.1 Å². The molecule has 18 heavy (non-hydrogen) atoms. The van der Waals surface area contributed by atoms with Crippen LogP contribution in [-0.2, 0) is 0 Å². The maximum absolute atomic E-state index is 5.98. The summed E-state index contributed by atoms with van der Waals surface area (Å²) in [6, 6.07) is 0.978. The van der Waals surface area contributed by atoms with Gasteiger partial charge in [0.05, 0.1) is 6.04 Å². The minimum Gasteiger partial charge on any atom is -0.370 e. The van der Waals surface area contributed by atoms with Crippen LogP contribution in [0.5, 0.6) is 0 Å². The van der Waals surface area contributed by atoms with E-state index in [9.17, 15) is 0 Å². The van der Waals surface area contributed by atoms with Crippen molar-refractivity contribution in [1.29, 1.82) is 0 Å². The van der Waals surface area contributed by atoms with Gasteiger partial charge in [0.25, 0.3) is 0 Å². The number of hydrogen-bond acceptors (Lipinski definition) is 3. The molecule has 0 amide bonds. The van der Waals surface area contributed by atoms with E-state index in [-0.39, 0.29) is 0 Å². The van der Waals surface area contributed by atoms with Crippen molar-refractivity contribution < 1.29 is 0 Å². The molecule has 0 radical (unpaired) electrons. The van der Waals surface area contributed by atoms with Gasteiger partial charge in [-0.25, -0.2) is 4.99 Å². The fourth-order valence-corrected chi connectivity index (χ4v) is 4.27. The summed E-state index contributed by atoms with van der Waals surface area (Å²) >= 11 is 0. The van der Waals surface area contributed by atoms with Gasteiger partial charge in [0.15, 0.2) is 5.96 Å². The molecule has 0 aromatic carbocycles. The van der Waals surface area contributed by atoms with E-state index in [0.717, 1.165) is 5.92 Å². The summed E-state index contributed by atoms with van der Waals surface area (Å²) in [4.78, 5) is 4.76. The van der Waals surface area contributed by atoms with Gasteiger partial charge in [-0.2, -0.15) is 0 Å². The quantitative estimate of drug-likeness (QED) is 0.753. The summed E-state index contributed by atoms with van der Waals surface area (Å²) in [5.41, 5.74) is 9.19. The fraction of sp³-hybridized carbons (Fsp3) is 0.800. The van der Waals surface area contributed by atoms with Crippen LogP contribution in [0.25, 0.3) is 0 Å². The summed E-state index contributed by atoms with van der Waals surface area (Å²) in [6.45, 7) is 4.59. The molecular formula is C15H25N3. The Morgan fingerprint density at radius 3 is 3.00 bits per heavy atom. The Morgan fingerprint density at radius 2 is 2.22 bits per heavy atom. The van der Waals surface area contributed by atoms with Gasteiger partial charge in [0.2, 0.25) is 0 Å². The summed E-state index contributed by atoms with van der Waals surface area (Å²) in [6.07, 6.45) is 7.69. The Labute approximate surface area is 110 Å². The van der Waals surface area contributed by atoms with E-state index in [2.05, 4.69) is 19.2 Å². The van der Waals surface area contributed by atoms with Gasteiger partial charge in [0.1, 0.15) is 0 Å². The number of unbranched alkanes of at least 4 members (excludes halogenated alkanes) is 1. The van der Waals surface area contributed by atoms with E-state index >= 15 is 0 Å². The van der Waals surface area contributed by atoms with Crippen LogP contribution in [-0.4, -0.2) is 18.0 Å². The van der Waals surface area contributed by atoms with Crippen LogP contribution in [0.1, 0.15) is 52.4 Å². The highest BCUT2D eigenvalue weighted by atomic mass is 15.2. The molecule has 0 spiro atoms. The minimum atomic E-state index is 0.393. The third-order valence-electron chi connectivity index (χ3n) is 5.11. The molecule has 0 unspecified atom stereocenters. The van der Waals surface area contributed by atoms with Crippen LogP contribution >= 0.6 is 0 Å². The van der Waals surface area contributed by atoms with Gasteiger partial charge in [-0.05, 0) is 50.5 Å². The minimum absolute atomic E-state index is 0.393. The van der Waals surface area contributed by atoms with Gasteiger partial charge < -0.3 is 11.1 Å². The zero-order valence-corrected chi connectivity index (χ0v) is 11.6. The number of rotatable bonds is 3. The predicted octanol–water partition coefficient (Wildman–Crippen LogP) is 2.58. The summed E-state index contributed by atoms with van der Waals surface area (Å²) in [7, 11) is 0. The van der Waals surface area contributed by atoms with Gasteiger partial charge in [-0.15, -0.1) is 0 Å². The molecule has 0 saturated heterocycles. The van der Waals surface area contributed by atoms with Crippen molar-refractivity contribution in [3.8, 4) is 0 Å². The van der Waals surface area contributed by atoms with E-state index in [4.69, 9.17) is 10.7 Å². The van der Waals surface area contributed by atoms with Crippen LogP contribution in [0.15, 0.2) is 16.1 Å². The van der Waals surface area contributed by atoms with Gasteiger partial charge >= 0.3 is 0 Å². The number of hydrogen-bond donors (Lipinski definition) is 2. The molecule has 1 aliphatic heterocycles. The van der Waals surface area contributed by atoms with Crippen molar-refractivity contribution in [3.05, 3.63) is 11.1 Å². The molecule has 0 bridgehead atoms. The molecule has 2 aliphatic carbocycles. The molecule has 1 fully saturated rings. The van der Waals surface area contributed by atoms with Crippen molar-refractivity contribution >= 4 is 5.96 Å². The lowest BCUT2D eigenvalue weighted by Crippen LogP contribution is -2.52. The number of allylic oxidation sites excluding steroid dienone is 1. The highest BCUT2D eigenvalue weighted by Gasteiger charge is 2.47. The highest BCUT2D eigenvalue weighted by Crippen LogP contribution is 2.48. The largest absolute Gasteiger partial charge is 0.370 e. The Hall–Kier alpha value is -0.990. The average molecular weight is 247 g/mol. The van der Waals surface area contributed by atoms with Crippen molar-refractivity contribution in [3.63, 3.8) is 0 Å². The maximum Gasteiger partial charge on any atom is 0.189 e. The molecule has 4 atom stereocenters. The van der Waals surface area contributed by atoms with E-state index in [1.54, 1.807) is 11.1 Å².